The third-order valence-corrected chi connectivity index (χ3v) is 3.15. The molecule has 1 nitrogen and oxygen atoms in total. The first kappa shape index (κ1) is 11.9. The van der Waals surface area contributed by atoms with Crippen molar-refractivity contribution in [3.63, 3.8) is 0 Å². The summed E-state index contributed by atoms with van der Waals surface area (Å²) in [7, 11) is 0. The molecule has 0 bridgehead atoms. The zero-order valence-electron chi connectivity index (χ0n) is 9.83. The second-order valence-electron chi connectivity index (χ2n) is 4.15. The Bertz CT molecular complexity index is 556. The minimum atomic E-state index is 0.729. The van der Waals surface area contributed by atoms with Gasteiger partial charge < -0.3 is 0 Å². The van der Waals surface area contributed by atoms with Crippen molar-refractivity contribution in [1.82, 2.24) is 0 Å². The van der Waals surface area contributed by atoms with Gasteiger partial charge in [0.25, 0.3) is 0 Å². The topological polar surface area (TPSA) is 17.1 Å². The van der Waals surface area contributed by atoms with Crippen LogP contribution in [0.3, 0.4) is 0 Å². The van der Waals surface area contributed by atoms with Crippen molar-refractivity contribution in [3.05, 3.63) is 58.1 Å². The number of aryl methyl sites for hydroxylation is 2. The fourth-order valence-corrected chi connectivity index (χ4v) is 2.03. The maximum absolute atomic E-state index is 10.9. The molecular formula is C15H13ClO. The summed E-state index contributed by atoms with van der Waals surface area (Å²) in [5.74, 6) is 0. The molecule has 0 aliphatic rings. The molecular weight excluding hydrogens is 232 g/mol. The third-order valence-electron chi connectivity index (χ3n) is 2.90. The van der Waals surface area contributed by atoms with E-state index in [2.05, 4.69) is 0 Å². The summed E-state index contributed by atoms with van der Waals surface area (Å²) < 4.78 is 0. The summed E-state index contributed by atoms with van der Waals surface area (Å²) in [5, 5.41) is 0.729. The van der Waals surface area contributed by atoms with Crippen molar-refractivity contribution >= 4 is 17.9 Å². The Labute approximate surface area is 106 Å². The number of aldehydes is 1. The molecule has 0 heterocycles. The number of benzene rings is 2. The van der Waals surface area contributed by atoms with Crippen molar-refractivity contribution in [3.8, 4) is 11.1 Å². The first-order valence-corrected chi connectivity index (χ1v) is 5.82. The van der Waals surface area contributed by atoms with Gasteiger partial charge in [-0.05, 0) is 54.3 Å². The molecule has 0 aliphatic carbocycles. The van der Waals surface area contributed by atoms with E-state index in [1.165, 1.54) is 0 Å². The van der Waals surface area contributed by atoms with Crippen LogP contribution >= 0.6 is 11.6 Å². The van der Waals surface area contributed by atoms with Crippen molar-refractivity contribution in [1.29, 1.82) is 0 Å². The van der Waals surface area contributed by atoms with Crippen molar-refractivity contribution in [2.75, 3.05) is 0 Å². The van der Waals surface area contributed by atoms with E-state index in [4.69, 9.17) is 11.6 Å². The molecule has 0 unspecified atom stereocenters. The molecule has 2 aromatic carbocycles. The highest BCUT2D eigenvalue weighted by atomic mass is 35.5. The SMILES string of the molecule is Cc1cc(-c2ccc(Cl)cc2)c(C)cc1C=O. The average molecular weight is 245 g/mol. The normalized spacial score (nSPS) is 10.3. The molecule has 0 aromatic heterocycles. The van der Waals surface area contributed by atoms with E-state index in [1.54, 1.807) is 0 Å². The van der Waals surface area contributed by atoms with Gasteiger partial charge in [-0.1, -0.05) is 29.8 Å². The fourth-order valence-electron chi connectivity index (χ4n) is 1.91. The highest BCUT2D eigenvalue weighted by Crippen LogP contribution is 2.27. The lowest BCUT2D eigenvalue weighted by atomic mass is 9.95. The first-order valence-electron chi connectivity index (χ1n) is 5.44. The number of hydrogen-bond acceptors (Lipinski definition) is 1. The van der Waals surface area contributed by atoms with Gasteiger partial charge >= 0.3 is 0 Å². The zero-order valence-corrected chi connectivity index (χ0v) is 10.6. The van der Waals surface area contributed by atoms with Crippen molar-refractivity contribution in [2.24, 2.45) is 0 Å². The van der Waals surface area contributed by atoms with E-state index in [0.29, 0.717) is 0 Å². The Morgan fingerprint density at radius 2 is 1.65 bits per heavy atom. The number of hydrogen-bond donors (Lipinski definition) is 0. The number of halogens is 1. The molecule has 2 aromatic rings. The molecule has 2 heteroatoms. The molecule has 0 spiro atoms. The van der Waals surface area contributed by atoms with Crippen LogP contribution in [0.2, 0.25) is 5.02 Å². The maximum atomic E-state index is 10.9. The monoisotopic (exact) mass is 244 g/mol. The summed E-state index contributed by atoms with van der Waals surface area (Å²) in [6, 6.07) is 11.7. The van der Waals surface area contributed by atoms with Crippen LogP contribution in [0.15, 0.2) is 36.4 Å². The lowest BCUT2D eigenvalue weighted by molar-refractivity contribution is 0.112. The molecule has 0 atom stereocenters. The van der Waals surface area contributed by atoms with E-state index in [1.807, 2.05) is 50.2 Å². The molecule has 2 rings (SSSR count). The van der Waals surface area contributed by atoms with Gasteiger partial charge in [0.05, 0.1) is 0 Å². The van der Waals surface area contributed by atoms with Crippen LogP contribution in [0.25, 0.3) is 11.1 Å². The van der Waals surface area contributed by atoms with Gasteiger partial charge in [-0.2, -0.15) is 0 Å². The molecule has 0 fully saturated rings. The predicted molar refractivity (Wildman–Crippen MR) is 71.7 cm³/mol. The van der Waals surface area contributed by atoms with Gasteiger partial charge in [0.15, 0.2) is 0 Å². The summed E-state index contributed by atoms with van der Waals surface area (Å²) in [6.07, 6.45) is 0.897. The second kappa shape index (κ2) is 4.72. The van der Waals surface area contributed by atoms with Gasteiger partial charge in [0.2, 0.25) is 0 Å². The Kier molecular flexibility index (Phi) is 3.30. The lowest BCUT2D eigenvalue weighted by Gasteiger charge is -2.09. The van der Waals surface area contributed by atoms with E-state index in [9.17, 15) is 4.79 Å². The third kappa shape index (κ3) is 2.40. The smallest absolute Gasteiger partial charge is 0.150 e. The van der Waals surface area contributed by atoms with Crippen LogP contribution in [-0.4, -0.2) is 6.29 Å². The maximum Gasteiger partial charge on any atom is 0.150 e. The largest absolute Gasteiger partial charge is 0.298 e. The van der Waals surface area contributed by atoms with E-state index in [0.717, 1.165) is 39.1 Å². The van der Waals surface area contributed by atoms with Crippen molar-refractivity contribution in [2.45, 2.75) is 13.8 Å². The van der Waals surface area contributed by atoms with Crippen LogP contribution in [0.4, 0.5) is 0 Å². The molecule has 17 heavy (non-hydrogen) atoms. The van der Waals surface area contributed by atoms with Gasteiger partial charge in [-0.3, -0.25) is 4.79 Å². The minimum absolute atomic E-state index is 0.729. The highest BCUT2D eigenvalue weighted by molar-refractivity contribution is 6.30. The van der Waals surface area contributed by atoms with E-state index in [-0.39, 0.29) is 0 Å². The average Bonchev–Trinajstić information content (AvgIpc) is 2.33. The summed E-state index contributed by atoms with van der Waals surface area (Å²) >= 11 is 5.87. The quantitative estimate of drug-likeness (QED) is 0.714. The van der Waals surface area contributed by atoms with Crippen molar-refractivity contribution < 1.29 is 4.79 Å². The molecule has 0 saturated heterocycles. The Balaban J connectivity index is 2.56. The van der Waals surface area contributed by atoms with Gasteiger partial charge in [-0.15, -0.1) is 0 Å². The Morgan fingerprint density at radius 3 is 2.24 bits per heavy atom. The summed E-state index contributed by atoms with van der Waals surface area (Å²) in [5.41, 5.74) is 5.10. The zero-order chi connectivity index (χ0) is 12.4. The molecule has 0 radical (unpaired) electrons. The van der Waals surface area contributed by atoms with E-state index < -0.39 is 0 Å². The van der Waals surface area contributed by atoms with Crippen LogP contribution in [0, 0.1) is 13.8 Å². The summed E-state index contributed by atoms with van der Waals surface area (Å²) in [4.78, 5) is 10.9. The molecule has 0 N–H and O–H groups in total. The minimum Gasteiger partial charge on any atom is -0.298 e. The van der Waals surface area contributed by atoms with Crippen LogP contribution in [0.1, 0.15) is 21.5 Å². The first-order chi connectivity index (χ1) is 8.11. The highest BCUT2D eigenvalue weighted by Gasteiger charge is 2.06. The molecule has 0 amide bonds. The van der Waals surface area contributed by atoms with Gasteiger partial charge in [0.1, 0.15) is 6.29 Å². The fraction of sp³-hybridized carbons (Fsp3) is 0.133. The van der Waals surface area contributed by atoms with Gasteiger partial charge in [-0.25, -0.2) is 0 Å². The summed E-state index contributed by atoms with van der Waals surface area (Å²) in [6.45, 7) is 3.96. The Morgan fingerprint density at radius 1 is 1.00 bits per heavy atom. The Hall–Kier alpha value is -1.60. The van der Waals surface area contributed by atoms with Crippen LogP contribution in [0.5, 0.6) is 0 Å². The van der Waals surface area contributed by atoms with E-state index >= 15 is 0 Å². The number of carbonyl (C=O) groups excluding carboxylic acids is 1. The number of carbonyl (C=O) groups is 1. The predicted octanol–water partition coefficient (Wildman–Crippen LogP) is 4.44. The van der Waals surface area contributed by atoms with Crippen LogP contribution in [-0.2, 0) is 0 Å². The molecule has 0 saturated carbocycles. The standard InChI is InChI=1S/C15H13ClO/c1-10-8-15(11(2)7-13(10)9-17)12-3-5-14(16)6-4-12/h3-9H,1-2H3. The van der Waals surface area contributed by atoms with Crippen LogP contribution < -0.4 is 0 Å². The molecule has 86 valence electrons. The lowest BCUT2D eigenvalue weighted by Crippen LogP contribution is -1.91. The van der Waals surface area contributed by atoms with Gasteiger partial charge in [0, 0.05) is 10.6 Å². The number of rotatable bonds is 2. The second-order valence-corrected chi connectivity index (χ2v) is 4.58. The molecule has 0 aliphatic heterocycles.